The van der Waals surface area contributed by atoms with E-state index in [1.54, 1.807) is 11.8 Å². The van der Waals surface area contributed by atoms with Crippen molar-refractivity contribution in [2.75, 3.05) is 18.1 Å². The molecule has 3 nitrogen and oxygen atoms in total. The van der Waals surface area contributed by atoms with Crippen molar-refractivity contribution >= 4 is 23.4 Å². The number of benzene rings is 1. The number of hydrogen-bond acceptors (Lipinski definition) is 3. The van der Waals surface area contributed by atoms with Gasteiger partial charge < -0.3 is 11.1 Å². The molecule has 1 amide bonds. The van der Waals surface area contributed by atoms with Crippen LogP contribution in [0.3, 0.4) is 0 Å². The van der Waals surface area contributed by atoms with Crippen LogP contribution in [0.25, 0.3) is 0 Å². The molecule has 1 atom stereocenters. The van der Waals surface area contributed by atoms with Crippen molar-refractivity contribution in [3.8, 4) is 0 Å². The van der Waals surface area contributed by atoms with Crippen molar-refractivity contribution in [3.05, 3.63) is 24.3 Å². The summed E-state index contributed by atoms with van der Waals surface area (Å²) in [6.07, 6.45) is 4.47. The molecule has 1 rings (SSSR count). The molecule has 0 spiro atoms. The predicted molar refractivity (Wildman–Crippen MR) is 88.1 cm³/mol. The normalized spacial score (nSPS) is 12.4. The van der Waals surface area contributed by atoms with Gasteiger partial charge in [0.2, 0.25) is 5.91 Å². The first-order chi connectivity index (χ1) is 9.58. The number of carbonyl (C=O) groups excluding carboxylic acids is 1. The fourth-order valence-electron chi connectivity index (χ4n) is 2.30. The third kappa shape index (κ3) is 5.55. The van der Waals surface area contributed by atoms with Crippen LogP contribution in [-0.2, 0) is 4.79 Å². The second-order valence-corrected chi connectivity index (χ2v) is 6.22. The van der Waals surface area contributed by atoms with Gasteiger partial charge >= 0.3 is 0 Å². The van der Waals surface area contributed by atoms with Gasteiger partial charge in [0.1, 0.15) is 0 Å². The number of thioether (sulfide) groups is 1. The van der Waals surface area contributed by atoms with E-state index in [0.29, 0.717) is 24.8 Å². The van der Waals surface area contributed by atoms with E-state index in [4.69, 9.17) is 5.73 Å². The van der Waals surface area contributed by atoms with Crippen LogP contribution in [0, 0.1) is 11.8 Å². The lowest BCUT2D eigenvalue weighted by molar-refractivity contribution is -0.116. The molecule has 0 aliphatic rings. The van der Waals surface area contributed by atoms with Crippen molar-refractivity contribution < 1.29 is 4.79 Å². The number of rotatable bonds is 8. The zero-order chi connectivity index (χ0) is 15.0. The summed E-state index contributed by atoms with van der Waals surface area (Å²) in [4.78, 5) is 13.2. The van der Waals surface area contributed by atoms with E-state index in [1.807, 2.05) is 30.5 Å². The Morgan fingerprint density at radius 2 is 2.00 bits per heavy atom. The summed E-state index contributed by atoms with van der Waals surface area (Å²) in [5.74, 6) is 1.19. The lowest BCUT2D eigenvalue weighted by Gasteiger charge is -2.19. The van der Waals surface area contributed by atoms with Crippen LogP contribution in [0.5, 0.6) is 0 Å². The number of hydrogen-bond donors (Lipinski definition) is 2. The fourth-order valence-corrected chi connectivity index (χ4v) is 2.86. The summed E-state index contributed by atoms with van der Waals surface area (Å²) in [6.45, 7) is 5.09. The molecule has 1 unspecified atom stereocenters. The molecule has 0 bridgehead atoms. The summed E-state index contributed by atoms with van der Waals surface area (Å²) < 4.78 is 0. The third-order valence-electron chi connectivity index (χ3n) is 3.60. The van der Waals surface area contributed by atoms with Gasteiger partial charge in [0.25, 0.3) is 0 Å². The van der Waals surface area contributed by atoms with Crippen LogP contribution in [-0.4, -0.2) is 18.7 Å². The van der Waals surface area contributed by atoms with Crippen LogP contribution in [0.1, 0.15) is 33.1 Å². The molecule has 4 heteroatoms. The number of carbonyl (C=O) groups is 1. The molecule has 0 aliphatic heterocycles. The molecule has 112 valence electrons. The van der Waals surface area contributed by atoms with Crippen LogP contribution in [0.15, 0.2) is 29.2 Å². The van der Waals surface area contributed by atoms with E-state index in [0.717, 1.165) is 23.4 Å². The molecule has 0 fully saturated rings. The first-order valence-electron chi connectivity index (χ1n) is 7.21. The lowest BCUT2D eigenvalue weighted by Crippen LogP contribution is -2.18. The molecule has 0 heterocycles. The number of amides is 1. The molecule has 1 aromatic rings. The third-order valence-corrected chi connectivity index (χ3v) is 4.40. The van der Waals surface area contributed by atoms with Gasteiger partial charge in [0.15, 0.2) is 0 Å². The first-order valence-corrected chi connectivity index (χ1v) is 8.43. The summed E-state index contributed by atoms with van der Waals surface area (Å²) >= 11 is 1.64. The zero-order valence-corrected chi connectivity index (χ0v) is 13.5. The molecular weight excluding hydrogens is 268 g/mol. The Balaban J connectivity index is 2.51. The van der Waals surface area contributed by atoms with Gasteiger partial charge in [-0.15, -0.1) is 11.8 Å². The monoisotopic (exact) mass is 294 g/mol. The van der Waals surface area contributed by atoms with Crippen LogP contribution in [0.2, 0.25) is 0 Å². The van der Waals surface area contributed by atoms with Crippen molar-refractivity contribution in [2.24, 2.45) is 17.6 Å². The molecule has 0 saturated carbocycles. The summed E-state index contributed by atoms with van der Waals surface area (Å²) in [5, 5.41) is 3.01. The van der Waals surface area contributed by atoms with Crippen molar-refractivity contribution in [2.45, 2.75) is 38.0 Å². The average molecular weight is 294 g/mol. The quantitative estimate of drug-likeness (QED) is 0.718. The van der Waals surface area contributed by atoms with Gasteiger partial charge in [-0.25, -0.2) is 0 Å². The second kappa shape index (κ2) is 9.03. The molecule has 1 aromatic carbocycles. The van der Waals surface area contributed by atoms with Crippen molar-refractivity contribution in [1.29, 1.82) is 0 Å². The van der Waals surface area contributed by atoms with Gasteiger partial charge in [-0.2, -0.15) is 0 Å². The number of anilines is 1. The minimum absolute atomic E-state index is 0.0918. The van der Waals surface area contributed by atoms with E-state index in [-0.39, 0.29) is 5.91 Å². The van der Waals surface area contributed by atoms with Crippen molar-refractivity contribution in [3.63, 3.8) is 0 Å². The lowest BCUT2D eigenvalue weighted by atomic mass is 9.88. The maximum absolute atomic E-state index is 12.1. The highest BCUT2D eigenvalue weighted by Gasteiger charge is 2.15. The van der Waals surface area contributed by atoms with Gasteiger partial charge in [-0.05, 0) is 49.6 Å². The first kappa shape index (κ1) is 17.1. The van der Waals surface area contributed by atoms with Crippen LogP contribution >= 0.6 is 11.8 Å². The highest BCUT2D eigenvalue weighted by Crippen LogP contribution is 2.25. The van der Waals surface area contributed by atoms with E-state index < -0.39 is 0 Å². The predicted octanol–water partition coefficient (Wildman–Crippen LogP) is 3.75. The van der Waals surface area contributed by atoms with Gasteiger partial charge in [0.05, 0.1) is 5.69 Å². The standard InChI is InChI=1S/C16H26N2OS/c1-12(2)13(10-11-17)8-9-16(19)18-14-6-4-5-7-15(14)20-3/h4-7,12-13H,8-11,17H2,1-3H3,(H,18,19). The Morgan fingerprint density at radius 1 is 1.30 bits per heavy atom. The number of nitrogens with two attached hydrogens (primary N) is 1. The van der Waals surface area contributed by atoms with Gasteiger partial charge in [-0.1, -0.05) is 26.0 Å². The minimum atomic E-state index is 0.0918. The van der Waals surface area contributed by atoms with Gasteiger partial charge in [0, 0.05) is 11.3 Å². The largest absolute Gasteiger partial charge is 0.330 e. The van der Waals surface area contributed by atoms with Crippen molar-refractivity contribution in [1.82, 2.24) is 0 Å². The maximum atomic E-state index is 12.1. The second-order valence-electron chi connectivity index (χ2n) is 5.37. The molecular formula is C16H26N2OS. The van der Waals surface area contributed by atoms with Crippen LogP contribution < -0.4 is 11.1 Å². The van der Waals surface area contributed by atoms with Crippen LogP contribution in [0.4, 0.5) is 5.69 Å². The van der Waals surface area contributed by atoms with E-state index in [1.165, 1.54) is 0 Å². The van der Waals surface area contributed by atoms with E-state index in [2.05, 4.69) is 19.2 Å². The summed E-state index contributed by atoms with van der Waals surface area (Å²) in [7, 11) is 0. The molecule has 0 aromatic heterocycles. The topological polar surface area (TPSA) is 55.1 Å². The molecule has 3 N–H and O–H groups in total. The summed E-state index contributed by atoms with van der Waals surface area (Å²) in [5.41, 5.74) is 6.54. The van der Waals surface area contributed by atoms with Gasteiger partial charge in [-0.3, -0.25) is 4.79 Å². The smallest absolute Gasteiger partial charge is 0.224 e. The number of para-hydroxylation sites is 1. The Morgan fingerprint density at radius 3 is 2.60 bits per heavy atom. The SMILES string of the molecule is CSc1ccccc1NC(=O)CCC(CCN)C(C)C. The van der Waals surface area contributed by atoms with E-state index >= 15 is 0 Å². The Kier molecular flexibility index (Phi) is 7.70. The minimum Gasteiger partial charge on any atom is -0.330 e. The molecule has 0 aliphatic carbocycles. The Hall–Kier alpha value is -1.00. The number of nitrogens with one attached hydrogen (secondary N) is 1. The molecule has 20 heavy (non-hydrogen) atoms. The molecule has 0 radical (unpaired) electrons. The van der Waals surface area contributed by atoms with E-state index in [9.17, 15) is 4.79 Å². The maximum Gasteiger partial charge on any atom is 0.224 e. The zero-order valence-electron chi connectivity index (χ0n) is 12.7. The Labute approximate surface area is 126 Å². The average Bonchev–Trinajstić information content (AvgIpc) is 2.43. The Bertz CT molecular complexity index is 421. The molecule has 0 saturated heterocycles. The fraction of sp³-hybridized carbons (Fsp3) is 0.562. The summed E-state index contributed by atoms with van der Waals surface area (Å²) in [6, 6.07) is 7.90. The highest BCUT2D eigenvalue weighted by atomic mass is 32.2. The highest BCUT2D eigenvalue weighted by molar-refractivity contribution is 7.98.